The third-order valence-electron chi connectivity index (χ3n) is 2.08. The molecule has 16 heavy (non-hydrogen) atoms. The zero-order valence-corrected chi connectivity index (χ0v) is 10.9. The molecule has 0 aliphatic heterocycles. The molecule has 0 aromatic heterocycles. The Morgan fingerprint density at radius 3 is 2.50 bits per heavy atom. The van der Waals surface area contributed by atoms with Crippen LogP contribution >= 0.6 is 11.6 Å². The summed E-state index contributed by atoms with van der Waals surface area (Å²) in [7, 11) is 0. The van der Waals surface area contributed by atoms with Gasteiger partial charge >= 0.3 is 0 Å². The zero-order chi connectivity index (χ0) is 12.3. The molecule has 3 heteroatoms. The Kier molecular flexibility index (Phi) is 4.22. The molecule has 0 bridgehead atoms. The molecule has 0 saturated carbocycles. The summed E-state index contributed by atoms with van der Waals surface area (Å²) in [6.07, 6.45) is 0. The molecule has 0 fully saturated rings. The number of aliphatic hydroxyl groups is 1. The predicted octanol–water partition coefficient (Wildman–Crippen LogP) is 3.45. The lowest BCUT2D eigenvalue weighted by Gasteiger charge is -2.23. The highest BCUT2D eigenvalue weighted by atomic mass is 35.5. The van der Waals surface area contributed by atoms with Crippen molar-refractivity contribution in [1.29, 1.82) is 0 Å². The Labute approximate surface area is 102 Å². The van der Waals surface area contributed by atoms with E-state index in [1.165, 1.54) is 0 Å². The number of aliphatic hydroxyl groups excluding tert-OH is 1. The summed E-state index contributed by atoms with van der Waals surface area (Å²) in [5.74, 6) is 1.49. The summed E-state index contributed by atoms with van der Waals surface area (Å²) in [4.78, 5) is 0. The summed E-state index contributed by atoms with van der Waals surface area (Å²) in [5.41, 5.74) is 0.556. The first-order chi connectivity index (χ1) is 7.35. The van der Waals surface area contributed by atoms with Gasteiger partial charge in [0, 0.05) is 5.92 Å². The van der Waals surface area contributed by atoms with Gasteiger partial charge in [0.05, 0.1) is 11.6 Å². The van der Waals surface area contributed by atoms with E-state index in [0.717, 1.165) is 11.5 Å². The van der Waals surface area contributed by atoms with Crippen molar-refractivity contribution < 1.29 is 9.84 Å². The molecular weight excluding hydrogens is 224 g/mol. The van der Waals surface area contributed by atoms with E-state index >= 15 is 0 Å². The standard InChI is InChI=1S/C13H18ClO2/c1-9(8-15)10-6-5-7-11(12(10)14)16-13(2,3)4/h5-7,15H,8H2,1-4H3. The van der Waals surface area contributed by atoms with E-state index in [1.807, 2.05) is 45.9 Å². The maximum atomic E-state index is 9.10. The van der Waals surface area contributed by atoms with Gasteiger partial charge in [0.1, 0.15) is 11.4 Å². The second kappa shape index (κ2) is 5.07. The number of rotatable bonds is 3. The first-order valence-corrected chi connectivity index (χ1v) is 5.64. The fourth-order valence-corrected chi connectivity index (χ4v) is 1.66. The first-order valence-electron chi connectivity index (χ1n) is 5.26. The average Bonchev–Trinajstić information content (AvgIpc) is 2.18. The number of halogens is 1. The van der Waals surface area contributed by atoms with Gasteiger partial charge in [-0.1, -0.05) is 30.7 Å². The van der Waals surface area contributed by atoms with E-state index in [0.29, 0.717) is 10.8 Å². The van der Waals surface area contributed by atoms with Crippen LogP contribution in [-0.2, 0) is 0 Å². The van der Waals surface area contributed by atoms with Gasteiger partial charge in [-0.3, -0.25) is 0 Å². The summed E-state index contributed by atoms with van der Waals surface area (Å²) in [6.45, 7) is 7.76. The Morgan fingerprint density at radius 2 is 2.00 bits per heavy atom. The summed E-state index contributed by atoms with van der Waals surface area (Å²) in [5, 5.41) is 9.66. The lowest BCUT2D eigenvalue weighted by Crippen LogP contribution is -2.23. The minimum Gasteiger partial charge on any atom is -0.487 e. The third kappa shape index (κ3) is 3.39. The topological polar surface area (TPSA) is 29.5 Å². The molecule has 0 heterocycles. The smallest absolute Gasteiger partial charge is 0.138 e. The van der Waals surface area contributed by atoms with Crippen LogP contribution in [0.4, 0.5) is 0 Å². The van der Waals surface area contributed by atoms with Gasteiger partial charge in [-0.15, -0.1) is 0 Å². The van der Waals surface area contributed by atoms with Gasteiger partial charge in [-0.05, 0) is 32.4 Å². The van der Waals surface area contributed by atoms with Crippen LogP contribution in [0.15, 0.2) is 18.2 Å². The molecule has 1 aromatic rings. The van der Waals surface area contributed by atoms with Crippen molar-refractivity contribution >= 4 is 11.6 Å². The van der Waals surface area contributed by atoms with Crippen molar-refractivity contribution in [2.75, 3.05) is 6.61 Å². The number of benzene rings is 1. The quantitative estimate of drug-likeness (QED) is 0.878. The van der Waals surface area contributed by atoms with Crippen molar-refractivity contribution in [3.8, 4) is 5.75 Å². The van der Waals surface area contributed by atoms with Crippen LogP contribution in [0, 0.1) is 5.92 Å². The monoisotopic (exact) mass is 241 g/mol. The molecule has 0 aliphatic rings. The van der Waals surface area contributed by atoms with E-state index in [-0.39, 0.29) is 12.2 Å². The normalized spacial score (nSPS) is 11.9. The zero-order valence-electron chi connectivity index (χ0n) is 10.2. The molecular formula is C13H18ClO2. The lowest BCUT2D eigenvalue weighted by molar-refractivity contribution is 0.131. The highest BCUT2D eigenvalue weighted by Crippen LogP contribution is 2.34. The van der Waals surface area contributed by atoms with Gasteiger partial charge in [0.2, 0.25) is 0 Å². The van der Waals surface area contributed by atoms with Crippen molar-refractivity contribution in [2.24, 2.45) is 0 Å². The fourth-order valence-electron chi connectivity index (χ4n) is 1.33. The molecule has 1 N–H and O–H groups in total. The van der Waals surface area contributed by atoms with E-state index in [4.69, 9.17) is 21.4 Å². The van der Waals surface area contributed by atoms with Crippen LogP contribution in [0.25, 0.3) is 0 Å². The SMILES string of the molecule is C[C](CO)c1cccc(OC(C)(C)C)c1Cl. The molecule has 0 unspecified atom stereocenters. The second-order valence-corrected chi connectivity index (χ2v) is 5.15. The molecule has 0 atom stereocenters. The minimum atomic E-state index is -0.282. The molecule has 1 aromatic carbocycles. The molecule has 0 spiro atoms. The van der Waals surface area contributed by atoms with E-state index in [1.54, 1.807) is 0 Å². The molecule has 0 aliphatic carbocycles. The Bertz CT molecular complexity index is 355. The molecule has 2 nitrogen and oxygen atoms in total. The Hall–Kier alpha value is -0.730. The second-order valence-electron chi connectivity index (χ2n) is 4.77. The van der Waals surface area contributed by atoms with Crippen LogP contribution in [0.1, 0.15) is 33.3 Å². The lowest BCUT2D eigenvalue weighted by atomic mass is 10.0. The molecule has 89 valence electrons. The van der Waals surface area contributed by atoms with Crippen molar-refractivity contribution in [2.45, 2.75) is 33.3 Å². The summed E-state index contributed by atoms with van der Waals surface area (Å²) >= 11 is 6.23. The van der Waals surface area contributed by atoms with E-state index < -0.39 is 0 Å². The Morgan fingerprint density at radius 1 is 1.38 bits per heavy atom. The summed E-state index contributed by atoms with van der Waals surface area (Å²) in [6, 6.07) is 5.59. The van der Waals surface area contributed by atoms with Crippen LogP contribution in [-0.4, -0.2) is 17.3 Å². The first kappa shape index (κ1) is 13.3. The van der Waals surface area contributed by atoms with Crippen LogP contribution in [0.5, 0.6) is 5.75 Å². The minimum absolute atomic E-state index is 0.00130. The molecule has 1 rings (SSSR count). The van der Waals surface area contributed by atoms with Gasteiger partial charge in [-0.2, -0.15) is 0 Å². The highest BCUT2D eigenvalue weighted by molar-refractivity contribution is 6.33. The largest absolute Gasteiger partial charge is 0.487 e. The van der Waals surface area contributed by atoms with Gasteiger partial charge in [0.15, 0.2) is 0 Å². The summed E-state index contributed by atoms with van der Waals surface area (Å²) < 4.78 is 5.74. The number of hydrogen-bond acceptors (Lipinski definition) is 2. The van der Waals surface area contributed by atoms with Crippen molar-refractivity contribution in [1.82, 2.24) is 0 Å². The van der Waals surface area contributed by atoms with Gasteiger partial charge < -0.3 is 9.84 Å². The van der Waals surface area contributed by atoms with E-state index in [2.05, 4.69) is 0 Å². The van der Waals surface area contributed by atoms with Crippen LogP contribution in [0.3, 0.4) is 0 Å². The van der Waals surface area contributed by atoms with Crippen molar-refractivity contribution in [3.05, 3.63) is 34.7 Å². The fraction of sp³-hybridized carbons (Fsp3) is 0.462. The van der Waals surface area contributed by atoms with Crippen molar-refractivity contribution in [3.63, 3.8) is 0 Å². The molecule has 0 saturated heterocycles. The Balaban J connectivity index is 3.04. The van der Waals surface area contributed by atoms with Crippen LogP contribution in [0.2, 0.25) is 5.02 Å². The maximum Gasteiger partial charge on any atom is 0.138 e. The molecule has 0 amide bonds. The van der Waals surface area contributed by atoms with Crippen LogP contribution < -0.4 is 4.74 Å². The number of hydrogen-bond donors (Lipinski definition) is 1. The highest BCUT2D eigenvalue weighted by Gasteiger charge is 2.17. The third-order valence-corrected chi connectivity index (χ3v) is 2.47. The van der Waals surface area contributed by atoms with E-state index in [9.17, 15) is 0 Å². The van der Waals surface area contributed by atoms with Gasteiger partial charge in [0.25, 0.3) is 0 Å². The van der Waals surface area contributed by atoms with Gasteiger partial charge in [-0.25, -0.2) is 0 Å². The average molecular weight is 242 g/mol. The maximum absolute atomic E-state index is 9.10. The predicted molar refractivity (Wildman–Crippen MR) is 66.9 cm³/mol. The number of ether oxygens (including phenoxy) is 1. The molecule has 1 radical (unpaired) electrons.